The van der Waals surface area contributed by atoms with Gasteiger partial charge >= 0.3 is 0 Å². The van der Waals surface area contributed by atoms with Crippen LogP contribution in [-0.4, -0.2) is 44.1 Å². The Morgan fingerprint density at radius 1 is 0.969 bits per heavy atom. The van der Waals surface area contributed by atoms with Crippen LogP contribution in [0.3, 0.4) is 0 Å². The van der Waals surface area contributed by atoms with Crippen molar-refractivity contribution < 1.29 is 21.0 Å². The number of anilines is 1. The largest absolute Gasteiger partial charge is 0.359 e. The van der Waals surface area contributed by atoms with E-state index in [-0.39, 0.29) is 27.8 Å². The summed E-state index contributed by atoms with van der Waals surface area (Å²) in [5, 5.41) is 1.21. The summed E-state index contributed by atoms with van der Waals surface area (Å²) in [6.45, 7) is 3.47. The first-order valence-electron chi connectivity index (χ1n) is 9.45. The Morgan fingerprint density at radius 2 is 1.56 bits per heavy atom. The zero-order chi connectivity index (χ0) is 23.7. The van der Waals surface area contributed by atoms with Gasteiger partial charge in [0.2, 0.25) is 10.0 Å². The summed E-state index contributed by atoms with van der Waals surface area (Å²) in [4.78, 5) is 2.79. The molecule has 174 valence electrons. The van der Waals surface area contributed by atoms with Gasteiger partial charge in [0.1, 0.15) is 0 Å². The molecule has 1 unspecified atom stereocenters. The number of aryl methyl sites for hydroxylation is 1. The highest BCUT2D eigenvalue weighted by molar-refractivity contribution is 8.32. The highest BCUT2D eigenvalue weighted by atomic mass is 35.5. The van der Waals surface area contributed by atoms with Crippen LogP contribution >= 0.6 is 11.6 Å². The van der Waals surface area contributed by atoms with Gasteiger partial charge < -0.3 is 4.98 Å². The third-order valence-electron chi connectivity index (χ3n) is 4.82. The molecule has 0 bridgehead atoms. The molecule has 32 heavy (non-hydrogen) atoms. The van der Waals surface area contributed by atoms with Crippen LogP contribution in [0.1, 0.15) is 12.5 Å². The lowest BCUT2D eigenvalue weighted by Crippen LogP contribution is -2.29. The summed E-state index contributed by atoms with van der Waals surface area (Å²) >= 11 is 11.1. The molecule has 3 aromatic rings. The van der Waals surface area contributed by atoms with E-state index in [9.17, 15) is 21.0 Å². The Labute approximate surface area is 197 Å². The number of halogens is 1. The topological polar surface area (TPSA) is 125 Å². The van der Waals surface area contributed by atoms with Crippen LogP contribution < -0.4 is 9.44 Å². The Morgan fingerprint density at radius 3 is 2.16 bits per heavy atom. The lowest BCUT2D eigenvalue weighted by molar-refractivity contribution is 0.583. The number of hydrogen-bond acceptors (Lipinski definition) is 6. The van der Waals surface area contributed by atoms with Gasteiger partial charge in [-0.2, -0.15) is 0 Å². The molecule has 0 aliphatic carbocycles. The number of nitrogens with one attached hydrogen (secondary N) is 3. The zero-order valence-electron chi connectivity index (χ0n) is 17.2. The molecule has 3 rings (SSSR count). The van der Waals surface area contributed by atoms with Gasteiger partial charge in [0.05, 0.1) is 26.0 Å². The van der Waals surface area contributed by atoms with Crippen molar-refractivity contribution in [2.24, 2.45) is 0 Å². The Bertz CT molecular complexity index is 1460. The summed E-state index contributed by atoms with van der Waals surface area (Å²) in [5.74, 6) is 0.327. The molecular formula is C19H22ClN3O5S4. The second-order valence-electron chi connectivity index (χ2n) is 7.03. The van der Waals surface area contributed by atoms with Crippen molar-refractivity contribution in [1.29, 1.82) is 0 Å². The normalized spacial score (nSPS) is 14.3. The summed E-state index contributed by atoms with van der Waals surface area (Å²) in [6, 6.07) is 7.94. The maximum atomic E-state index is 12.8. The van der Waals surface area contributed by atoms with Crippen molar-refractivity contribution in [3.05, 3.63) is 53.2 Å². The number of H-pyrrole nitrogens is 1. The lowest BCUT2D eigenvalue weighted by Gasteiger charge is -2.11. The minimum absolute atomic E-state index is 0.0439. The predicted molar refractivity (Wildman–Crippen MR) is 131 cm³/mol. The van der Waals surface area contributed by atoms with E-state index in [1.165, 1.54) is 24.3 Å². The van der Waals surface area contributed by atoms with Gasteiger partial charge in [-0.05, 0) is 60.1 Å². The van der Waals surface area contributed by atoms with Crippen molar-refractivity contribution in [2.45, 2.75) is 23.6 Å². The Kier molecular flexibility index (Phi) is 7.23. The second kappa shape index (κ2) is 9.27. The minimum Gasteiger partial charge on any atom is -0.359 e. The van der Waals surface area contributed by atoms with Gasteiger partial charge in [-0.3, -0.25) is 8.93 Å². The van der Waals surface area contributed by atoms with Crippen LogP contribution in [0.25, 0.3) is 10.9 Å². The van der Waals surface area contributed by atoms with E-state index >= 15 is 0 Å². The third kappa shape index (κ3) is 5.43. The molecule has 0 aliphatic heterocycles. The molecule has 3 N–H and O–H groups in total. The molecule has 0 radical (unpaired) electrons. The Hall–Kier alpha value is -1.70. The number of aromatic nitrogens is 1. The Balaban J connectivity index is 1.80. The molecule has 13 heteroatoms. The van der Waals surface area contributed by atoms with E-state index < -0.39 is 28.5 Å². The van der Waals surface area contributed by atoms with E-state index in [2.05, 4.69) is 14.4 Å². The van der Waals surface area contributed by atoms with Gasteiger partial charge in [0.25, 0.3) is 10.0 Å². The number of aromatic amines is 1. The summed E-state index contributed by atoms with van der Waals surface area (Å²) in [6.07, 6.45) is 1.73. The average Bonchev–Trinajstić information content (AvgIpc) is 3.12. The van der Waals surface area contributed by atoms with E-state index in [0.717, 1.165) is 5.56 Å². The van der Waals surface area contributed by atoms with E-state index in [0.29, 0.717) is 21.6 Å². The van der Waals surface area contributed by atoms with Crippen LogP contribution in [-0.2, 0) is 39.7 Å². The number of fused-ring (bicyclic) bond motifs is 1. The summed E-state index contributed by atoms with van der Waals surface area (Å²) < 4.78 is 67.3. The zero-order valence-corrected chi connectivity index (χ0v) is 21.2. The summed E-state index contributed by atoms with van der Waals surface area (Å²) in [7, 11) is -10.4. The van der Waals surface area contributed by atoms with E-state index in [1.54, 1.807) is 25.3 Å². The highest BCUT2D eigenvalue weighted by Gasteiger charge is 2.20. The van der Waals surface area contributed by atoms with Crippen molar-refractivity contribution in [3.63, 3.8) is 0 Å². The van der Waals surface area contributed by atoms with Gasteiger partial charge in [0, 0.05) is 38.1 Å². The molecular weight excluding hydrogens is 514 g/mol. The minimum atomic E-state index is -3.99. The van der Waals surface area contributed by atoms with Gasteiger partial charge in [-0.15, -0.1) is 0 Å². The van der Waals surface area contributed by atoms with Crippen LogP contribution in [0.5, 0.6) is 0 Å². The molecule has 1 aromatic heterocycles. The second-order valence-corrected chi connectivity index (χ2v) is 15.2. The standard InChI is InChI=1S/C19H22ClN3O5S4/c1-3-30(24,29)11-10-22-31(25,26)14-4-6-15(7-5-14)32(27,28)23-17-9-8-16(20)18-13(2)12-21-19(17)18/h4-9,12,21-23H,3,10-11H2,1-2H3. The molecule has 0 spiro atoms. The van der Waals surface area contributed by atoms with Gasteiger partial charge in [-0.1, -0.05) is 18.5 Å². The maximum Gasteiger partial charge on any atom is 0.261 e. The van der Waals surface area contributed by atoms with Crippen LogP contribution in [0, 0.1) is 6.92 Å². The maximum absolute atomic E-state index is 12.8. The molecule has 0 saturated heterocycles. The van der Waals surface area contributed by atoms with Crippen LogP contribution in [0.15, 0.2) is 52.4 Å². The fourth-order valence-corrected chi connectivity index (χ4v) is 6.50. The molecule has 0 amide bonds. The molecule has 1 heterocycles. The van der Waals surface area contributed by atoms with Crippen molar-refractivity contribution in [2.75, 3.05) is 22.8 Å². The van der Waals surface area contributed by atoms with Gasteiger partial charge in [-0.25, -0.2) is 21.6 Å². The number of benzene rings is 2. The highest BCUT2D eigenvalue weighted by Crippen LogP contribution is 2.32. The average molecular weight is 536 g/mol. The molecule has 0 aliphatic rings. The van der Waals surface area contributed by atoms with Crippen molar-refractivity contribution >= 4 is 67.9 Å². The quantitative estimate of drug-likeness (QED) is 0.387. The number of hydrogen-bond donors (Lipinski definition) is 3. The molecule has 2 aromatic carbocycles. The van der Waals surface area contributed by atoms with Crippen molar-refractivity contribution in [3.8, 4) is 0 Å². The molecule has 1 atom stereocenters. The van der Waals surface area contributed by atoms with Crippen LogP contribution in [0.4, 0.5) is 5.69 Å². The first kappa shape index (κ1) is 24.9. The SMILES string of the molecule is CCS(=O)(=S)CCNS(=O)(=O)c1ccc(S(=O)(=O)Nc2ccc(Cl)c3c(C)c[nH]c23)cc1. The predicted octanol–water partition coefficient (Wildman–Crippen LogP) is 2.98. The third-order valence-corrected chi connectivity index (χ3v) is 10.9. The number of rotatable bonds is 9. The fraction of sp³-hybridized carbons (Fsp3) is 0.263. The lowest BCUT2D eigenvalue weighted by atomic mass is 10.2. The van der Waals surface area contributed by atoms with Crippen LogP contribution in [0.2, 0.25) is 5.02 Å². The summed E-state index contributed by atoms with van der Waals surface area (Å²) in [5.41, 5.74) is 1.74. The first-order chi connectivity index (χ1) is 14.9. The molecule has 0 saturated carbocycles. The van der Waals surface area contributed by atoms with E-state index in [4.69, 9.17) is 22.8 Å². The van der Waals surface area contributed by atoms with E-state index in [1.807, 2.05) is 6.92 Å². The smallest absolute Gasteiger partial charge is 0.261 e. The molecule has 0 fully saturated rings. The monoisotopic (exact) mass is 535 g/mol. The van der Waals surface area contributed by atoms with Crippen molar-refractivity contribution in [1.82, 2.24) is 9.71 Å². The van der Waals surface area contributed by atoms with Gasteiger partial charge in [0.15, 0.2) is 0 Å². The molecule has 8 nitrogen and oxygen atoms in total. The fourth-order valence-electron chi connectivity index (χ4n) is 3.01. The first-order valence-corrected chi connectivity index (χ1v) is 15.6. The number of sulfonamides is 2.